The second-order valence-corrected chi connectivity index (χ2v) is 5.38. The van der Waals surface area contributed by atoms with E-state index >= 15 is 0 Å². The van der Waals surface area contributed by atoms with Crippen LogP contribution in [0.25, 0.3) is 0 Å². The summed E-state index contributed by atoms with van der Waals surface area (Å²) in [6, 6.07) is 15.0. The van der Waals surface area contributed by atoms with E-state index in [-0.39, 0.29) is 5.92 Å². The van der Waals surface area contributed by atoms with E-state index in [9.17, 15) is 5.26 Å². The fraction of sp³-hybridized carbons (Fsp3) is 0.133. The van der Waals surface area contributed by atoms with Gasteiger partial charge in [-0.2, -0.15) is 5.26 Å². The van der Waals surface area contributed by atoms with Gasteiger partial charge in [0.1, 0.15) is 0 Å². The van der Waals surface area contributed by atoms with Crippen LogP contribution in [0.2, 0.25) is 15.1 Å². The third kappa shape index (κ3) is 3.42. The predicted octanol–water partition coefficient (Wildman–Crippen LogP) is 5.50. The van der Waals surface area contributed by atoms with Crippen LogP contribution >= 0.6 is 34.8 Å². The third-order valence-corrected chi connectivity index (χ3v) is 3.94. The average Bonchev–Trinajstić information content (AvgIpc) is 2.41. The number of halogens is 3. The van der Waals surface area contributed by atoms with Crippen molar-refractivity contribution in [3.05, 3.63) is 68.7 Å². The van der Waals surface area contributed by atoms with E-state index in [0.29, 0.717) is 21.5 Å². The highest BCUT2D eigenvalue weighted by atomic mass is 35.5. The number of benzene rings is 2. The zero-order valence-corrected chi connectivity index (χ0v) is 12.2. The van der Waals surface area contributed by atoms with E-state index in [2.05, 4.69) is 6.07 Å². The maximum atomic E-state index is 9.32. The number of hydrogen-bond acceptors (Lipinski definition) is 1. The van der Waals surface area contributed by atoms with Crippen LogP contribution in [0.1, 0.15) is 17.0 Å². The van der Waals surface area contributed by atoms with E-state index in [4.69, 9.17) is 34.8 Å². The normalized spacial score (nSPS) is 11.9. The van der Waals surface area contributed by atoms with Crippen LogP contribution in [0.3, 0.4) is 0 Å². The fourth-order valence-electron chi connectivity index (χ4n) is 1.89. The Labute approximate surface area is 127 Å². The van der Waals surface area contributed by atoms with Crippen molar-refractivity contribution in [1.29, 1.82) is 5.26 Å². The Balaban J connectivity index is 2.27. The van der Waals surface area contributed by atoms with Crippen molar-refractivity contribution in [2.24, 2.45) is 0 Å². The quantitative estimate of drug-likeness (QED) is 0.734. The second kappa shape index (κ2) is 6.30. The number of nitriles is 1. The highest BCUT2D eigenvalue weighted by molar-refractivity contribution is 6.42. The SMILES string of the molecule is N#CC(Cc1ccc(Cl)c(Cl)c1)c1ccccc1Cl. The van der Waals surface area contributed by atoms with Crippen LogP contribution in [0.5, 0.6) is 0 Å². The third-order valence-electron chi connectivity index (χ3n) is 2.86. The van der Waals surface area contributed by atoms with E-state index < -0.39 is 0 Å². The molecule has 0 aliphatic carbocycles. The summed E-state index contributed by atoms with van der Waals surface area (Å²) in [5.41, 5.74) is 1.79. The van der Waals surface area contributed by atoms with Crippen LogP contribution < -0.4 is 0 Å². The van der Waals surface area contributed by atoms with Crippen LogP contribution in [0, 0.1) is 11.3 Å². The van der Waals surface area contributed by atoms with Crippen molar-refractivity contribution < 1.29 is 0 Å². The molecule has 96 valence electrons. The molecule has 1 nitrogen and oxygen atoms in total. The average molecular weight is 311 g/mol. The van der Waals surface area contributed by atoms with Crippen LogP contribution in [-0.2, 0) is 6.42 Å². The van der Waals surface area contributed by atoms with Gasteiger partial charge in [0.05, 0.1) is 22.0 Å². The van der Waals surface area contributed by atoms with E-state index in [1.807, 2.05) is 24.3 Å². The summed E-state index contributed by atoms with van der Waals surface area (Å²) in [5, 5.41) is 10.9. The first kappa shape index (κ1) is 14.2. The lowest BCUT2D eigenvalue weighted by molar-refractivity contribution is 0.849. The van der Waals surface area contributed by atoms with Crippen molar-refractivity contribution in [3.63, 3.8) is 0 Å². The molecule has 0 amide bonds. The molecule has 0 fully saturated rings. The van der Waals surface area contributed by atoms with Crippen LogP contribution in [0.15, 0.2) is 42.5 Å². The van der Waals surface area contributed by atoms with Crippen LogP contribution in [-0.4, -0.2) is 0 Å². The van der Waals surface area contributed by atoms with Gasteiger partial charge in [0.25, 0.3) is 0 Å². The maximum Gasteiger partial charge on any atom is 0.0767 e. The van der Waals surface area contributed by atoms with Gasteiger partial charge in [-0.15, -0.1) is 0 Å². The molecule has 0 saturated carbocycles. The molecule has 19 heavy (non-hydrogen) atoms. The summed E-state index contributed by atoms with van der Waals surface area (Å²) in [4.78, 5) is 0. The Morgan fingerprint density at radius 2 is 1.68 bits per heavy atom. The summed E-state index contributed by atoms with van der Waals surface area (Å²) in [6.07, 6.45) is 0.553. The molecule has 2 aromatic rings. The molecule has 4 heteroatoms. The molecular formula is C15H10Cl3N. The Morgan fingerprint density at radius 3 is 2.32 bits per heavy atom. The van der Waals surface area contributed by atoms with Gasteiger partial charge in [-0.3, -0.25) is 0 Å². The smallest absolute Gasteiger partial charge is 0.0767 e. The highest BCUT2D eigenvalue weighted by Gasteiger charge is 2.15. The molecule has 0 aromatic heterocycles. The summed E-state index contributed by atoms with van der Waals surface area (Å²) in [6.45, 7) is 0. The molecule has 1 atom stereocenters. The molecule has 0 bridgehead atoms. The van der Waals surface area contributed by atoms with Crippen molar-refractivity contribution in [2.75, 3.05) is 0 Å². The molecule has 0 N–H and O–H groups in total. The Hall–Kier alpha value is -1.20. The molecule has 0 heterocycles. The van der Waals surface area contributed by atoms with Crippen molar-refractivity contribution in [2.45, 2.75) is 12.3 Å². The van der Waals surface area contributed by atoms with Gasteiger partial charge in [-0.1, -0.05) is 59.1 Å². The summed E-state index contributed by atoms with van der Waals surface area (Å²) < 4.78 is 0. The largest absolute Gasteiger partial charge is 0.198 e. The number of rotatable bonds is 3. The first-order valence-corrected chi connectivity index (χ1v) is 6.83. The van der Waals surface area contributed by atoms with Gasteiger partial charge in [0, 0.05) is 5.02 Å². The lowest BCUT2D eigenvalue weighted by Gasteiger charge is -2.11. The van der Waals surface area contributed by atoms with E-state index in [0.717, 1.165) is 11.1 Å². The minimum absolute atomic E-state index is 0.300. The molecule has 1 unspecified atom stereocenters. The van der Waals surface area contributed by atoms with Gasteiger partial charge in [-0.05, 0) is 35.7 Å². The summed E-state index contributed by atoms with van der Waals surface area (Å²) in [7, 11) is 0. The lowest BCUT2D eigenvalue weighted by Crippen LogP contribution is -2.01. The van der Waals surface area contributed by atoms with Gasteiger partial charge >= 0.3 is 0 Å². The summed E-state index contributed by atoms with van der Waals surface area (Å²) in [5.74, 6) is -0.300. The van der Waals surface area contributed by atoms with Crippen molar-refractivity contribution in [1.82, 2.24) is 0 Å². The molecule has 2 rings (SSSR count). The molecule has 0 aliphatic heterocycles. The lowest BCUT2D eigenvalue weighted by atomic mass is 9.93. The van der Waals surface area contributed by atoms with Gasteiger partial charge < -0.3 is 0 Å². The fourth-order valence-corrected chi connectivity index (χ4v) is 2.47. The first-order chi connectivity index (χ1) is 9.11. The van der Waals surface area contributed by atoms with E-state index in [1.54, 1.807) is 18.2 Å². The highest BCUT2D eigenvalue weighted by Crippen LogP contribution is 2.29. The summed E-state index contributed by atoms with van der Waals surface area (Å²) >= 11 is 18.0. The zero-order valence-electron chi connectivity index (χ0n) is 9.91. The molecular weight excluding hydrogens is 301 g/mol. The molecule has 0 spiro atoms. The predicted molar refractivity (Wildman–Crippen MR) is 80.0 cm³/mol. The Kier molecular flexibility index (Phi) is 4.71. The first-order valence-electron chi connectivity index (χ1n) is 5.70. The Morgan fingerprint density at radius 1 is 0.947 bits per heavy atom. The molecule has 0 radical (unpaired) electrons. The monoisotopic (exact) mass is 309 g/mol. The maximum absolute atomic E-state index is 9.32. The number of hydrogen-bond donors (Lipinski definition) is 0. The topological polar surface area (TPSA) is 23.8 Å². The molecule has 0 aliphatic rings. The molecule has 0 saturated heterocycles. The van der Waals surface area contributed by atoms with Gasteiger partial charge in [0.2, 0.25) is 0 Å². The van der Waals surface area contributed by atoms with Crippen molar-refractivity contribution in [3.8, 4) is 6.07 Å². The van der Waals surface area contributed by atoms with Gasteiger partial charge in [-0.25, -0.2) is 0 Å². The standard InChI is InChI=1S/C15H10Cl3N/c16-13-4-2-1-3-12(13)11(9-19)7-10-5-6-14(17)15(18)8-10/h1-6,8,11H,7H2. The Bertz CT molecular complexity index is 632. The van der Waals surface area contributed by atoms with E-state index in [1.165, 1.54) is 0 Å². The second-order valence-electron chi connectivity index (χ2n) is 4.16. The minimum atomic E-state index is -0.300. The minimum Gasteiger partial charge on any atom is -0.198 e. The molecule has 2 aromatic carbocycles. The zero-order chi connectivity index (χ0) is 13.8. The number of nitrogens with zero attached hydrogens (tertiary/aromatic N) is 1. The van der Waals surface area contributed by atoms with Crippen LogP contribution in [0.4, 0.5) is 0 Å². The van der Waals surface area contributed by atoms with Gasteiger partial charge in [0.15, 0.2) is 0 Å². The van der Waals surface area contributed by atoms with Crippen molar-refractivity contribution >= 4 is 34.8 Å².